The topological polar surface area (TPSA) is 101 Å². The predicted octanol–water partition coefficient (Wildman–Crippen LogP) is 2.84. The highest BCUT2D eigenvalue weighted by atomic mass is 32.2. The quantitative estimate of drug-likeness (QED) is 0.567. The molecule has 0 atom stereocenters. The van der Waals surface area contributed by atoms with Crippen LogP contribution in [0.4, 0.5) is 5.69 Å². The molecule has 0 saturated carbocycles. The van der Waals surface area contributed by atoms with Gasteiger partial charge in [-0.1, -0.05) is 6.07 Å². The van der Waals surface area contributed by atoms with Crippen LogP contribution in [-0.2, 0) is 17.6 Å². The summed E-state index contributed by atoms with van der Waals surface area (Å²) in [5.74, 6) is -0.404. The fraction of sp³-hybridized carbons (Fsp3) is 0.261. The van der Waals surface area contributed by atoms with Gasteiger partial charge in [-0.25, -0.2) is 0 Å². The van der Waals surface area contributed by atoms with Crippen LogP contribution in [0.5, 0.6) is 11.5 Å². The molecular formula is C23H21N2O5S-. The first-order valence-corrected chi connectivity index (χ1v) is 10.8. The number of rotatable bonds is 7. The molecule has 1 aliphatic carbocycles. The second kappa shape index (κ2) is 8.85. The van der Waals surface area contributed by atoms with E-state index in [0.29, 0.717) is 28.3 Å². The van der Waals surface area contributed by atoms with Crippen molar-refractivity contribution >= 4 is 40.2 Å². The van der Waals surface area contributed by atoms with Crippen LogP contribution in [0.1, 0.15) is 28.0 Å². The van der Waals surface area contributed by atoms with Gasteiger partial charge >= 0.3 is 0 Å². The second-order valence-electron chi connectivity index (χ2n) is 7.13. The Kier molecular flexibility index (Phi) is 5.99. The number of nitrogens with one attached hydrogen (secondary N) is 1. The van der Waals surface area contributed by atoms with Gasteiger partial charge in [0.25, 0.3) is 5.91 Å². The van der Waals surface area contributed by atoms with Crippen molar-refractivity contribution in [3.63, 3.8) is 0 Å². The van der Waals surface area contributed by atoms with Crippen LogP contribution in [0.25, 0.3) is 10.9 Å². The van der Waals surface area contributed by atoms with Crippen molar-refractivity contribution in [1.82, 2.24) is 4.98 Å². The molecule has 1 aliphatic rings. The largest absolute Gasteiger partial charge is 0.549 e. The molecule has 31 heavy (non-hydrogen) atoms. The molecule has 1 heterocycles. The van der Waals surface area contributed by atoms with E-state index in [0.717, 1.165) is 40.8 Å². The molecule has 0 spiro atoms. The first-order valence-electron chi connectivity index (χ1n) is 9.81. The van der Waals surface area contributed by atoms with E-state index in [4.69, 9.17) is 14.5 Å². The summed E-state index contributed by atoms with van der Waals surface area (Å²) >= 11 is 1.26. The van der Waals surface area contributed by atoms with E-state index in [2.05, 4.69) is 5.32 Å². The third kappa shape index (κ3) is 4.29. The number of hydrogen-bond acceptors (Lipinski definition) is 7. The zero-order valence-electron chi connectivity index (χ0n) is 17.2. The average molecular weight is 437 g/mol. The second-order valence-corrected chi connectivity index (χ2v) is 8.12. The molecule has 0 radical (unpaired) electrons. The highest BCUT2D eigenvalue weighted by molar-refractivity contribution is 8.00. The van der Waals surface area contributed by atoms with Crippen LogP contribution in [0, 0.1) is 0 Å². The molecule has 8 heteroatoms. The van der Waals surface area contributed by atoms with Crippen molar-refractivity contribution in [2.24, 2.45) is 0 Å². The molecule has 1 aromatic heterocycles. The summed E-state index contributed by atoms with van der Waals surface area (Å²) < 4.78 is 10.5. The number of carbonyl (C=O) groups excluding carboxylic acids is 2. The molecule has 0 fully saturated rings. The van der Waals surface area contributed by atoms with Crippen molar-refractivity contribution < 1.29 is 24.2 Å². The lowest BCUT2D eigenvalue weighted by atomic mass is 10.1. The van der Waals surface area contributed by atoms with E-state index < -0.39 is 5.97 Å². The zero-order chi connectivity index (χ0) is 22.0. The van der Waals surface area contributed by atoms with E-state index in [1.807, 2.05) is 6.07 Å². The van der Waals surface area contributed by atoms with Crippen LogP contribution in [-0.4, -0.2) is 36.8 Å². The summed E-state index contributed by atoms with van der Waals surface area (Å²) in [6, 6.07) is 10.4. The minimum atomic E-state index is -1.11. The number of aliphatic carboxylic acids is 1. The van der Waals surface area contributed by atoms with Crippen LogP contribution in [0.3, 0.4) is 0 Å². The van der Waals surface area contributed by atoms with Gasteiger partial charge < -0.3 is 24.7 Å². The number of anilines is 1. The predicted molar refractivity (Wildman–Crippen MR) is 117 cm³/mol. The minimum Gasteiger partial charge on any atom is -0.549 e. The molecule has 3 aromatic rings. The number of thioether (sulfide) groups is 1. The fourth-order valence-corrected chi connectivity index (χ4v) is 4.74. The number of amides is 1. The van der Waals surface area contributed by atoms with Gasteiger partial charge in [-0.3, -0.25) is 9.78 Å². The Labute approximate surface area is 183 Å². The van der Waals surface area contributed by atoms with Gasteiger partial charge in [0.2, 0.25) is 0 Å². The lowest BCUT2D eigenvalue weighted by Crippen LogP contribution is -2.24. The number of carboxylic acids is 1. The minimum absolute atomic E-state index is 0.120. The third-order valence-corrected chi connectivity index (χ3v) is 6.35. The zero-order valence-corrected chi connectivity index (χ0v) is 18.0. The first-order chi connectivity index (χ1) is 15.0. The molecule has 7 nitrogen and oxygen atoms in total. The van der Waals surface area contributed by atoms with Gasteiger partial charge in [0.05, 0.1) is 31.4 Å². The van der Waals surface area contributed by atoms with Crippen molar-refractivity contribution in [3.05, 3.63) is 53.2 Å². The van der Waals surface area contributed by atoms with Gasteiger partial charge in [0, 0.05) is 33.4 Å². The Balaban J connectivity index is 1.67. The Morgan fingerprint density at radius 2 is 1.97 bits per heavy atom. The summed E-state index contributed by atoms with van der Waals surface area (Å²) in [7, 11) is 3.09. The molecular weight excluding hydrogens is 416 g/mol. The van der Waals surface area contributed by atoms with Crippen molar-refractivity contribution in [2.75, 3.05) is 25.3 Å². The Bertz CT molecular complexity index is 1180. The summed E-state index contributed by atoms with van der Waals surface area (Å²) in [4.78, 5) is 29.6. The number of carbonyl (C=O) groups is 2. The number of pyridine rings is 1. The van der Waals surface area contributed by atoms with Crippen LogP contribution in [0.15, 0.2) is 41.3 Å². The number of aromatic nitrogens is 1. The maximum atomic E-state index is 12.9. The Morgan fingerprint density at radius 3 is 2.71 bits per heavy atom. The smallest absolute Gasteiger partial charge is 0.255 e. The number of aryl methyl sites for hydroxylation is 1. The van der Waals surface area contributed by atoms with Crippen molar-refractivity contribution in [2.45, 2.75) is 24.2 Å². The number of benzene rings is 2. The number of carboxylic acid groups (broad SMARTS) is 1. The van der Waals surface area contributed by atoms with E-state index in [9.17, 15) is 14.7 Å². The molecule has 0 bridgehead atoms. The highest BCUT2D eigenvalue weighted by Gasteiger charge is 2.21. The normalized spacial score (nSPS) is 12.5. The van der Waals surface area contributed by atoms with Gasteiger partial charge in [-0.05, 0) is 49.1 Å². The maximum absolute atomic E-state index is 12.9. The standard InChI is InChI=1S/C23H22N2O5S/c1-29-14-7-9-18(20(11-14)30-2)25-23(28)13-6-8-16-19(10-13)24-17-5-3-4-15(17)22(16)31-12-21(26)27/h6-11H,3-5,12H2,1-2H3,(H,25,28)(H,26,27)/p-1. The average Bonchev–Trinajstić information content (AvgIpc) is 3.24. The van der Waals surface area contributed by atoms with Crippen LogP contribution in [0.2, 0.25) is 0 Å². The molecule has 4 rings (SSSR count). The third-order valence-electron chi connectivity index (χ3n) is 5.21. The van der Waals surface area contributed by atoms with E-state index in [1.165, 1.54) is 18.9 Å². The van der Waals surface area contributed by atoms with Gasteiger partial charge in [-0.2, -0.15) is 0 Å². The summed E-state index contributed by atoms with van der Waals surface area (Å²) in [6.07, 6.45) is 2.72. The van der Waals surface area contributed by atoms with Crippen molar-refractivity contribution in [3.8, 4) is 11.5 Å². The lowest BCUT2D eigenvalue weighted by molar-refractivity contribution is -0.301. The van der Waals surface area contributed by atoms with Crippen molar-refractivity contribution in [1.29, 1.82) is 0 Å². The molecule has 1 amide bonds. The first kappa shape index (κ1) is 21.0. The molecule has 2 aromatic carbocycles. The molecule has 1 N–H and O–H groups in total. The number of ether oxygens (including phenoxy) is 2. The lowest BCUT2D eigenvalue weighted by Gasteiger charge is -2.14. The SMILES string of the molecule is COc1ccc(NC(=O)c2ccc3c(SCC(=O)[O-])c4c(nc3c2)CCC4)c(OC)c1. The monoisotopic (exact) mass is 437 g/mol. The summed E-state index contributed by atoms with van der Waals surface area (Å²) in [6.45, 7) is 0. The summed E-state index contributed by atoms with van der Waals surface area (Å²) in [5.41, 5.74) is 3.74. The van der Waals surface area contributed by atoms with Crippen LogP contribution < -0.4 is 19.9 Å². The number of methoxy groups -OCH3 is 2. The van der Waals surface area contributed by atoms with Crippen LogP contribution >= 0.6 is 11.8 Å². The van der Waals surface area contributed by atoms with Gasteiger partial charge in [0.1, 0.15) is 11.5 Å². The van der Waals surface area contributed by atoms with Gasteiger partial charge in [-0.15, -0.1) is 11.8 Å². The van der Waals surface area contributed by atoms with E-state index in [-0.39, 0.29) is 11.7 Å². The number of nitrogens with zero attached hydrogens (tertiary/aromatic N) is 1. The maximum Gasteiger partial charge on any atom is 0.255 e. The number of fused-ring (bicyclic) bond motifs is 2. The summed E-state index contributed by atoms with van der Waals surface area (Å²) in [5, 5.41) is 14.7. The molecule has 0 unspecified atom stereocenters. The number of hydrogen-bond donors (Lipinski definition) is 1. The van der Waals surface area contributed by atoms with E-state index >= 15 is 0 Å². The highest BCUT2D eigenvalue weighted by Crippen LogP contribution is 2.37. The Morgan fingerprint density at radius 1 is 1.13 bits per heavy atom. The molecule has 0 aliphatic heterocycles. The van der Waals surface area contributed by atoms with E-state index in [1.54, 1.807) is 37.4 Å². The van der Waals surface area contributed by atoms with Gasteiger partial charge in [0.15, 0.2) is 0 Å². The molecule has 160 valence electrons. The fourth-order valence-electron chi connectivity index (χ4n) is 3.75. The molecule has 0 saturated heterocycles. The Hall–Kier alpha value is -3.26.